The summed E-state index contributed by atoms with van der Waals surface area (Å²) in [6.45, 7) is 0. The van der Waals surface area contributed by atoms with Gasteiger partial charge in [-0.1, -0.05) is 17.7 Å². The van der Waals surface area contributed by atoms with Gasteiger partial charge in [0.05, 0.1) is 6.10 Å². The van der Waals surface area contributed by atoms with Crippen LogP contribution < -0.4 is 0 Å². The zero-order valence-electron chi connectivity index (χ0n) is 11.3. The number of hydrogen-bond donors (Lipinski definition) is 2. The van der Waals surface area contributed by atoms with Crippen molar-refractivity contribution in [3.05, 3.63) is 35.1 Å². The van der Waals surface area contributed by atoms with Crippen LogP contribution in [0.5, 0.6) is 0 Å². The van der Waals surface area contributed by atoms with Crippen LogP contribution in [0.1, 0.15) is 38.5 Å². The van der Waals surface area contributed by atoms with E-state index in [0.29, 0.717) is 29.4 Å². The first-order valence-electron chi connectivity index (χ1n) is 7.73. The van der Waals surface area contributed by atoms with Gasteiger partial charge in [0.15, 0.2) is 0 Å². The molecule has 0 spiro atoms. The second kappa shape index (κ2) is 4.24. The lowest BCUT2D eigenvalue weighted by atomic mass is 9.59. The molecule has 2 saturated carbocycles. The molecule has 0 aliphatic heterocycles. The van der Waals surface area contributed by atoms with Crippen molar-refractivity contribution >= 4 is 0 Å². The molecule has 2 fully saturated rings. The molecule has 0 aromatic carbocycles. The minimum atomic E-state index is -0.0646. The number of fused-ring (bicyclic) bond motifs is 5. The zero-order valence-corrected chi connectivity index (χ0v) is 11.3. The molecule has 4 rings (SSSR count). The molecule has 5 unspecified atom stereocenters. The largest absolute Gasteiger partial charge is 0.508 e. The summed E-state index contributed by atoms with van der Waals surface area (Å²) in [5.41, 5.74) is 2.79. The lowest BCUT2D eigenvalue weighted by Crippen LogP contribution is -2.37. The molecule has 2 N–H and O–H groups in total. The van der Waals surface area contributed by atoms with Crippen LogP contribution in [0, 0.1) is 23.7 Å². The first-order valence-corrected chi connectivity index (χ1v) is 7.73. The highest BCUT2D eigenvalue weighted by atomic mass is 16.3. The average Bonchev–Trinajstić information content (AvgIpc) is 2.80. The molecule has 5 atom stereocenters. The minimum Gasteiger partial charge on any atom is -0.508 e. The predicted octanol–water partition coefficient (Wildman–Crippen LogP) is 3.50. The van der Waals surface area contributed by atoms with Crippen LogP contribution in [0.3, 0.4) is 0 Å². The second-order valence-corrected chi connectivity index (χ2v) is 6.74. The van der Waals surface area contributed by atoms with E-state index in [4.69, 9.17) is 0 Å². The molecule has 0 radical (unpaired) electrons. The van der Waals surface area contributed by atoms with Gasteiger partial charge in [0, 0.05) is 0 Å². The second-order valence-electron chi connectivity index (χ2n) is 6.74. The summed E-state index contributed by atoms with van der Waals surface area (Å²) in [4.78, 5) is 0. The fourth-order valence-corrected chi connectivity index (χ4v) is 4.96. The molecule has 0 amide bonds. The SMILES string of the molecule is OC1=CCC2C1=CC=C1C3CCC(O)CC3CCC12. The first kappa shape index (κ1) is 11.8. The van der Waals surface area contributed by atoms with Crippen molar-refractivity contribution in [3.63, 3.8) is 0 Å². The third kappa shape index (κ3) is 1.73. The van der Waals surface area contributed by atoms with Crippen LogP contribution >= 0.6 is 0 Å². The third-order valence-corrected chi connectivity index (χ3v) is 5.86. The molecule has 4 aliphatic carbocycles. The van der Waals surface area contributed by atoms with Crippen molar-refractivity contribution in [1.29, 1.82) is 0 Å². The van der Waals surface area contributed by atoms with Crippen molar-refractivity contribution in [1.82, 2.24) is 0 Å². The van der Waals surface area contributed by atoms with Gasteiger partial charge in [-0.15, -0.1) is 0 Å². The van der Waals surface area contributed by atoms with Crippen LogP contribution in [-0.4, -0.2) is 16.3 Å². The van der Waals surface area contributed by atoms with Crippen LogP contribution in [0.25, 0.3) is 0 Å². The normalized spacial score (nSPS) is 44.5. The molecule has 0 heterocycles. The monoisotopic (exact) mass is 258 g/mol. The lowest BCUT2D eigenvalue weighted by molar-refractivity contribution is 0.0558. The van der Waals surface area contributed by atoms with E-state index in [2.05, 4.69) is 12.2 Å². The molecular formula is C17H22O2. The summed E-state index contributed by atoms with van der Waals surface area (Å²) in [6, 6.07) is 0. The highest BCUT2D eigenvalue weighted by Gasteiger charge is 2.44. The molecule has 0 aromatic rings. The number of hydrogen-bond acceptors (Lipinski definition) is 2. The Morgan fingerprint density at radius 2 is 1.79 bits per heavy atom. The van der Waals surface area contributed by atoms with Gasteiger partial charge in [0.2, 0.25) is 0 Å². The van der Waals surface area contributed by atoms with Crippen LogP contribution in [-0.2, 0) is 0 Å². The Morgan fingerprint density at radius 1 is 0.947 bits per heavy atom. The Kier molecular flexibility index (Phi) is 2.63. The van der Waals surface area contributed by atoms with E-state index in [1.165, 1.54) is 18.4 Å². The quantitative estimate of drug-likeness (QED) is 0.698. The summed E-state index contributed by atoms with van der Waals surface area (Å²) in [5, 5.41) is 19.8. The number of allylic oxidation sites excluding steroid dienone is 5. The number of rotatable bonds is 0. The Hall–Kier alpha value is -1.02. The Labute approximate surface area is 114 Å². The van der Waals surface area contributed by atoms with Crippen LogP contribution in [0.2, 0.25) is 0 Å². The standard InChI is InChI=1S/C17H22O2/c18-11-2-4-12-10(9-11)1-3-14-13(12)5-6-16-15(14)7-8-17(16)19/h5-6,8,10-12,14-15,18-19H,1-4,7,9H2. The van der Waals surface area contributed by atoms with Crippen molar-refractivity contribution < 1.29 is 10.2 Å². The van der Waals surface area contributed by atoms with Crippen molar-refractivity contribution in [3.8, 4) is 0 Å². The van der Waals surface area contributed by atoms with E-state index in [-0.39, 0.29) is 6.10 Å². The maximum absolute atomic E-state index is 9.91. The molecule has 0 bridgehead atoms. The maximum atomic E-state index is 9.91. The van der Waals surface area contributed by atoms with Gasteiger partial charge in [-0.2, -0.15) is 0 Å². The van der Waals surface area contributed by atoms with Gasteiger partial charge in [-0.05, 0) is 73.8 Å². The summed E-state index contributed by atoms with van der Waals surface area (Å²) in [5.74, 6) is 3.10. The van der Waals surface area contributed by atoms with Gasteiger partial charge < -0.3 is 10.2 Å². The van der Waals surface area contributed by atoms with Gasteiger partial charge in [-0.3, -0.25) is 0 Å². The topological polar surface area (TPSA) is 40.5 Å². The van der Waals surface area contributed by atoms with Crippen molar-refractivity contribution in [2.75, 3.05) is 0 Å². The molecular weight excluding hydrogens is 236 g/mol. The highest BCUT2D eigenvalue weighted by molar-refractivity contribution is 5.43. The van der Waals surface area contributed by atoms with Gasteiger partial charge >= 0.3 is 0 Å². The molecule has 0 aromatic heterocycles. The third-order valence-electron chi connectivity index (χ3n) is 5.86. The Morgan fingerprint density at radius 3 is 2.68 bits per heavy atom. The fraction of sp³-hybridized carbons (Fsp3) is 0.647. The van der Waals surface area contributed by atoms with Gasteiger partial charge in [0.25, 0.3) is 0 Å². The number of aliphatic hydroxyl groups excluding tert-OH is 2. The summed E-state index contributed by atoms with van der Waals surface area (Å²) in [7, 11) is 0. The van der Waals surface area contributed by atoms with Crippen LogP contribution in [0.15, 0.2) is 35.1 Å². The maximum Gasteiger partial charge on any atom is 0.115 e. The van der Waals surface area contributed by atoms with E-state index >= 15 is 0 Å². The Bertz CT molecular complexity index is 485. The zero-order chi connectivity index (χ0) is 13.0. The van der Waals surface area contributed by atoms with Gasteiger partial charge in [0.1, 0.15) is 5.76 Å². The molecule has 19 heavy (non-hydrogen) atoms. The summed E-state index contributed by atoms with van der Waals surface area (Å²) in [6.07, 6.45) is 13.0. The molecule has 4 aliphatic rings. The van der Waals surface area contributed by atoms with Crippen molar-refractivity contribution in [2.24, 2.45) is 23.7 Å². The molecule has 0 saturated heterocycles. The fourth-order valence-electron chi connectivity index (χ4n) is 4.96. The van der Waals surface area contributed by atoms with Crippen molar-refractivity contribution in [2.45, 2.75) is 44.6 Å². The number of aliphatic hydroxyl groups is 2. The van der Waals surface area contributed by atoms with E-state index < -0.39 is 0 Å². The summed E-state index contributed by atoms with van der Waals surface area (Å²) < 4.78 is 0. The van der Waals surface area contributed by atoms with E-state index in [1.54, 1.807) is 5.57 Å². The molecule has 2 nitrogen and oxygen atoms in total. The molecule has 102 valence electrons. The highest BCUT2D eigenvalue weighted by Crippen LogP contribution is 2.53. The predicted molar refractivity (Wildman–Crippen MR) is 74.5 cm³/mol. The first-order chi connectivity index (χ1) is 9.24. The Balaban J connectivity index is 1.66. The summed E-state index contributed by atoms with van der Waals surface area (Å²) >= 11 is 0. The lowest BCUT2D eigenvalue weighted by Gasteiger charge is -2.46. The van der Waals surface area contributed by atoms with Gasteiger partial charge in [-0.25, -0.2) is 0 Å². The smallest absolute Gasteiger partial charge is 0.115 e. The van der Waals surface area contributed by atoms with E-state index in [0.717, 1.165) is 25.7 Å². The van der Waals surface area contributed by atoms with Crippen LogP contribution in [0.4, 0.5) is 0 Å². The average molecular weight is 258 g/mol. The minimum absolute atomic E-state index is 0.0646. The molecule has 2 heteroatoms. The van der Waals surface area contributed by atoms with E-state index in [1.807, 2.05) is 6.08 Å². The van der Waals surface area contributed by atoms with E-state index in [9.17, 15) is 10.2 Å².